The third-order valence-electron chi connectivity index (χ3n) is 1.57. The molecule has 0 fully saturated rings. The van der Waals surface area contributed by atoms with Crippen LogP contribution in [0, 0.1) is 0 Å². The average Bonchev–Trinajstić information content (AvgIpc) is 2.12. The molecule has 0 aromatic carbocycles. The van der Waals surface area contributed by atoms with Gasteiger partial charge in [0.25, 0.3) is 0 Å². The van der Waals surface area contributed by atoms with E-state index >= 15 is 0 Å². The van der Waals surface area contributed by atoms with Gasteiger partial charge in [-0.25, -0.2) is 0 Å². The molecule has 0 heterocycles. The number of carbonyl (C=O) groups is 1. The quantitative estimate of drug-likeness (QED) is 0.628. The van der Waals surface area contributed by atoms with E-state index < -0.39 is 0 Å². The van der Waals surface area contributed by atoms with Gasteiger partial charge in [-0.1, -0.05) is 18.2 Å². The zero-order valence-corrected chi connectivity index (χ0v) is 7.42. The molecule has 0 aromatic rings. The smallest absolute Gasteiger partial charge is 0.221 e. The van der Waals surface area contributed by atoms with Gasteiger partial charge < -0.3 is 5.32 Å². The Morgan fingerprint density at radius 1 is 1.58 bits per heavy atom. The summed E-state index contributed by atoms with van der Waals surface area (Å²) in [7, 11) is 0. The van der Waals surface area contributed by atoms with Gasteiger partial charge in [0.1, 0.15) is 0 Å². The van der Waals surface area contributed by atoms with E-state index in [9.17, 15) is 4.79 Å². The van der Waals surface area contributed by atoms with Crippen molar-refractivity contribution >= 4 is 5.91 Å². The molecule has 0 atom stereocenters. The Hall–Kier alpha value is -1.31. The summed E-state index contributed by atoms with van der Waals surface area (Å²) < 4.78 is 0. The lowest BCUT2D eigenvalue weighted by Crippen LogP contribution is -2.18. The van der Waals surface area contributed by atoms with E-state index in [4.69, 9.17) is 0 Å². The van der Waals surface area contributed by atoms with Crippen molar-refractivity contribution in [3.63, 3.8) is 0 Å². The first-order valence-corrected chi connectivity index (χ1v) is 4.00. The van der Waals surface area contributed by atoms with Crippen LogP contribution in [0.25, 0.3) is 0 Å². The fraction of sp³-hybridized carbons (Fsp3) is 0.300. The van der Waals surface area contributed by atoms with Crippen molar-refractivity contribution in [1.29, 1.82) is 0 Å². The SMILES string of the molecule is CC(=O)NC1=CC(C)=CC=CC1. The largest absolute Gasteiger partial charge is 0.330 e. The highest BCUT2D eigenvalue weighted by molar-refractivity contribution is 5.75. The molecule has 0 saturated carbocycles. The van der Waals surface area contributed by atoms with E-state index in [1.54, 1.807) is 0 Å². The summed E-state index contributed by atoms with van der Waals surface area (Å²) in [6.45, 7) is 3.53. The molecule has 1 rings (SSSR count). The number of amides is 1. The molecule has 1 amide bonds. The summed E-state index contributed by atoms with van der Waals surface area (Å²) in [6, 6.07) is 0. The Bertz CT molecular complexity index is 272. The molecule has 0 spiro atoms. The molecule has 0 bridgehead atoms. The highest BCUT2D eigenvalue weighted by Crippen LogP contribution is 2.08. The molecule has 0 aliphatic heterocycles. The van der Waals surface area contributed by atoms with E-state index in [0.29, 0.717) is 0 Å². The first-order valence-electron chi connectivity index (χ1n) is 4.00. The summed E-state index contributed by atoms with van der Waals surface area (Å²) >= 11 is 0. The maximum absolute atomic E-state index is 10.7. The minimum Gasteiger partial charge on any atom is -0.330 e. The summed E-state index contributed by atoms with van der Waals surface area (Å²) in [4.78, 5) is 10.7. The molecular weight excluding hydrogens is 150 g/mol. The van der Waals surface area contributed by atoms with Crippen molar-refractivity contribution in [1.82, 2.24) is 5.32 Å². The van der Waals surface area contributed by atoms with Gasteiger partial charge in [0.05, 0.1) is 0 Å². The first-order chi connectivity index (χ1) is 5.68. The van der Waals surface area contributed by atoms with Crippen LogP contribution >= 0.6 is 0 Å². The maximum Gasteiger partial charge on any atom is 0.221 e. The van der Waals surface area contributed by atoms with Crippen molar-refractivity contribution in [2.45, 2.75) is 20.3 Å². The van der Waals surface area contributed by atoms with Gasteiger partial charge in [-0.2, -0.15) is 0 Å². The van der Waals surface area contributed by atoms with E-state index in [2.05, 4.69) is 5.32 Å². The van der Waals surface area contributed by atoms with Crippen molar-refractivity contribution in [2.75, 3.05) is 0 Å². The molecule has 12 heavy (non-hydrogen) atoms. The normalized spacial score (nSPS) is 16.2. The van der Waals surface area contributed by atoms with Crippen LogP contribution in [0.2, 0.25) is 0 Å². The molecule has 0 radical (unpaired) electrons. The van der Waals surface area contributed by atoms with Crippen molar-refractivity contribution < 1.29 is 4.79 Å². The highest BCUT2D eigenvalue weighted by atomic mass is 16.1. The molecular formula is C10H13NO. The second-order valence-corrected chi connectivity index (χ2v) is 2.89. The highest BCUT2D eigenvalue weighted by Gasteiger charge is 1.99. The Morgan fingerprint density at radius 2 is 2.33 bits per heavy atom. The zero-order valence-electron chi connectivity index (χ0n) is 7.42. The predicted molar refractivity (Wildman–Crippen MR) is 49.4 cm³/mol. The Morgan fingerprint density at radius 3 is 3.00 bits per heavy atom. The van der Waals surface area contributed by atoms with Gasteiger partial charge in [0.2, 0.25) is 5.91 Å². The van der Waals surface area contributed by atoms with Gasteiger partial charge in [-0.3, -0.25) is 4.79 Å². The van der Waals surface area contributed by atoms with Crippen LogP contribution in [0.15, 0.2) is 35.6 Å². The number of hydrogen-bond acceptors (Lipinski definition) is 1. The van der Waals surface area contributed by atoms with Crippen molar-refractivity contribution in [3.05, 3.63) is 35.6 Å². The minimum absolute atomic E-state index is 0.00986. The molecule has 2 nitrogen and oxygen atoms in total. The molecule has 2 heteroatoms. The maximum atomic E-state index is 10.7. The van der Waals surface area contributed by atoms with Crippen molar-refractivity contribution in [2.24, 2.45) is 0 Å². The van der Waals surface area contributed by atoms with Crippen LogP contribution in [0.3, 0.4) is 0 Å². The summed E-state index contributed by atoms with van der Waals surface area (Å²) in [5.41, 5.74) is 2.12. The van der Waals surface area contributed by atoms with E-state index in [1.807, 2.05) is 31.2 Å². The molecule has 1 aliphatic rings. The molecule has 0 unspecified atom stereocenters. The summed E-state index contributed by atoms with van der Waals surface area (Å²) in [5.74, 6) is -0.00986. The predicted octanol–water partition coefficient (Wildman–Crippen LogP) is 1.91. The lowest BCUT2D eigenvalue weighted by Gasteiger charge is -2.03. The van der Waals surface area contributed by atoms with E-state index in [1.165, 1.54) is 6.92 Å². The van der Waals surface area contributed by atoms with Crippen LogP contribution in [0.5, 0.6) is 0 Å². The van der Waals surface area contributed by atoms with Crippen LogP contribution in [0.1, 0.15) is 20.3 Å². The number of carbonyl (C=O) groups excluding carboxylic acids is 1. The number of allylic oxidation sites excluding steroid dienone is 5. The first kappa shape index (κ1) is 8.78. The molecule has 1 N–H and O–H groups in total. The van der Waals surface area contributed by atoms with Gasteiger partial charge in [0, 0.05) is 19.0 Å². The van der Waals surface area contributed by atoms with Crippen LogP contribution in [0.4, 0.5) is 0 Å². The van der Waals surface area contributed by atoms with E-state index in [-0.39, 0.29) is 5.91 Å². The van der Waals surface area contributed by atoms with Crippen LogP contribution < -0.4 is 5.32 Å². The Balaban J connectivity index is 2.71. The lowest BCUT2D eigenvalue weighted by molar-refractivity contribution is -0.118. The van der Waals surface area contributed by atoms with Gasteiger partial charge in [-0.05, 0) is 18.6 Å². The Labute approximate surface area is 72.7 Å². The van der Waals surface area contributed by atoms with Gasteiger partial charge >= 0.3 is 0 Å². The fourth-order valence-corrected chi connectivity index (χ4v) is 1.11. The average molecular weight is 163 g/mol. The zero-order chi connectivity index (χ0) is 8.97. The molecule has 1 aliphatic carbocycles. The lowest BCUT2D eigenvalue weighted by atomic mass is 10.2. The van der Waals surface area contributed by atoms with Crippen molar-refractivity contribution in [3.8, 4) is 0 Å². The second-order valence-electron chi connectivity index (χ2n) is 2.89. The van der Waals surface area contributed by atoms with Crippen LogP contribution in [-0.2, 0) is 4.79 Å². The second kappa shape index (κ2) is 3.90. The third kappa shape index (κ3) is 2.74. The molecule has 0 saturated heterocycles. The van der Waals surface area contributed by atoms with Gasteiger partial charge in [-0.15, -0.1) is 0 Å². The minimum atomic E-state index is -0.00986. The Kier molecular flexibility index (Phi) is 2.86. The number of rotatable bonds is 1. The molecule has 0 aromatic heterocycles. The third-order valence-corrected chi connectivity index (χ3v) is 1.57. The topological polar surface area (TPSA) is 29.1 Å². The van der Waals surface area contributed by atoms with E-state index in [0.717, 1.165) is 17.7 Å². The van der Waals surface area contributed by atoms with Gasteiger partial charge in [0.15, 0.2) is 0 Å². The summed E-state index contributed by atoms with van der Waals surface area (Å²) in [6.07, 6.45) is 8.84. The summed E-state index contributed by atoms with van der Waals surface area (Å²) in [5, 5.41) is 2.78. The number of hydrogen-bond donors (Lipinski definition) is 1. The fourth-order valence-electron chi connectivity index (χ4n) is 1.11. The number of nitrogens with one attached hydrogen (secondary N) is 1. The van der Waals surface area contributed by atoms with Crippen LogP contribution in [-0.4, -0.2) is 5.91 Å². The molecule has 64 valence electrons. The monoisotopic (exact) mass is 163 g/mol. The standard InChI is InChI=1S/C10H13NO/c1-8-5-3-4-6-10(7-8)11-9(2)12/h3-5,7H,6H2,1-2H3,(H,11,12).